The Morgan fingerprint density at radius 3 is 2.13 bits per heavy atom. The Labute approximate surface area is 272 Å². The van der Waals surface area contributed by atoms with Gasteiger partial charge in [-0.25, -0.2) is 19.2 Å². The van der Waals surface area contributed by atoms with Crippen molar-refractivity contribution in [1.82, 2.24) is 10.3 Å². The van der Waals surface area contributed by atoms with Crippen molar-refractivity contribution >= 4 is 46.4 Å². The zero-order chi connectivity index (χ0) is 34.4. The van der Waals surface area contributed by atoms with Gasteiger partial charge in [-0.05, 0) is 79.9 Å². The molecule has 3 rings (SSSR count). The third-order valence-electron chi connectivity index (χ3n) is 6.12. The number of nitrogens with zero attached hydrogens (tertiary/aromatic N) is 2. The molecule has 46 heavy (non-hydrogen) atoms. The normalized spacial score (nSPS) is 15.5. The van der Waals surface area contributed by atoms with Crippen LogP contribution in [0, 0.1) is 0 Å². The lowest BCUT2D eigenvalue weighted by Gasteiger charge is -2.40. The molecule has 0 saturated carbocycles. The number of hydrazone groups is 1. The molecule has 2 amide bonds. The van der Waals surface area contributed by atoms with E-state index in [0.29, 0.717) is 10.4 Å². The first kappa shape index (κ1) is 36.2. The molecule has 2 aromatic rings. The SMILES string of the molecule is CC(C)(C)OC(=O)C(=O)Nc1sc2c(c1C(=O)OC(C)(C)C)CC(C(NN=C=O)OCc1ccccc1)N(C(=O)OC(C)(C)C)C2. The maximum absolute atomic E-state index is 13.7. The number of fused-ring (bicyclic) bond motifs is 1. The van der Waals surface area contributed by atoms with Gasteiger partial charge in [0.1, 0.15) is 21.8 Å². The summed E-state index contributed by atoms with van der Waals surface area (Å²) in [7, 11) is 0. The van der Waals surface area contributed by atoms with Crippen LogP contribution in [0.2, 0.25) is 0 Å². The maximum atomic E-state index is 13.7. The molecule has 2 atom stereocenters. The summed E-state index contributed by atoms with van der Waals surface area (Å²) in [5.41, 5.74) is 1.29. The molecule has 1 aromatic carbocycles. The number of benzene rings is 1. The van der Waals surface area contributed by atoms with Gasteiger partial charge in [-0.1, -0.05) is 35.4 Å². The Kier molecular flexibility index (Phi) is 11.4. The largest absolute Gasteiger partial charge is 0.456 e. The maximum Gasteiger partial charge on any atom is 0.411 e. The predicted octanol–water partition coefficient (Wildman–Crippen LogP) is 5.03. The first-order valence-electron chi connectivity index (χ1n) is 14.7. The van der Waals surface area contributed by atoms with E-state index in [9.17, 15) is 24.0 Å². The van der Waals surface area contributed by atoms with Crippen molar-refractivity contribution in [2.45, 2.75) is 111 Å². The van der Waals surface area contributed by atoms with Gasteiger partial charge in [0.25, 0.3) is 6.08 Å². The highest BCUT2D eigenvalue weighted by Crippen LogP contribution is 2.41. The monoisotopic (exact) mass is 658 g/mol. The highest BCUT2D eigenvalue weighted by atomic mass is 32.1. The van der Waals surface area contributed by atoms with Crippen molar-refractivity contribution in [2.75, 3.05) is 5.32 Å². The zero-order valence-corrected chi connectivity index (χ0v) is 28.5. The average Bonchev–Trinajstić information content (AvgIpc) is 3.27. The molecule has 2 unspecified atom stereocenters. The van der Waals surface area contributed by atoms with Crippen LogP contribution < -0.4 is 10.7 Å². The molecule has 1 aliphatic heterocycles. The number of isocyanates is 1. The third-order valence-corrected chi connectivity index (χ3v) is 7.25. The molecule has 1 aromatic heterocycles. The minimum absolute atomic E-state index is 0.00277. The summed E-state index contributed by atoms with van der Waals surface area (Å²) in [5.74, 6) is -2.95. The van der Waals surface area contributed by atoms with E-state index in [1.807, 2.05) is 30.3 Å². The predicted molar refractivity (Wildman–Crippen MR) is 170 cm³/mol. The van der Waals surface area contributed by atoms with Crippen LogP contribution in [0.5, 0.6) is 0 Å². The minimum Gasteiger partial charge on any atom is -0.456 e. The number of anilines is 1. The second-order valence-electron chi connectivity index (χ2n) is 13.6. The highest BCUT2D eigenvalue weighted by Gasteiger charge is 2.42. The van der Waals surface area contributed by atoms with E-state index in [1.54, 1.807) is 62.3 Å². The van der Waals surface area contributed by atoms with E-state index >= 15 is 0 Å². The first-order chi connectivity index (χ1) is 21.3. The van der Waals surface area contributed by atoms with Crippen LogP contribution in [-0.2, 0) is 52.9 Å². The number of thiophene rings is 1. The van der Waals surface area contributed by atoms with Crippen molar-refractivity contribution in [2.24, 2.45) is 5.10 Å². The van der Waals surface area contributed by atoms with Gasteiger partial charge < -0.3 is 24.3 Å². The first-order valence-corrected chi connectivity index (χ1v) is 15.5. The summed E-state index contributed by atoms with van der Waals surface area (Å²) in [5, 5.41) is 6.10. The molecule has 0 saturated heterocycles. The van der Waals surface area contributed by atoms with Gasteiger partial charge in [0.15, 0.2) is 6.23 Å². The van der Waals surface area contributed by atoms with Gasteiger partial charge in [-0.3, -0.25) is 15.1 Å². The Balaban J connectivity index is 2.11. The fourth-order valence-corrected chi connectivity index (χ4v) is 5.65. The lowest BCUT2D eigenvalue weighted by atomic mass is 9.95. The lowest BCUT2D eigenvalue weighted by molar-refractivity contribution is -0.161. The molecule has 13 nitrogen and oxygen atoms in total. The minimum atomic E-state index is -1.13. The van der Waals surface area contributed by atoms with Crippen LogP contribution in [0.25, 0.3) is 0 Å². The number of rotatable bonds is 8. The van der Waals surface area contributed by atoms with Gasteiger partial charge >= 0.3 is 23.9 Å². The van der Waals surface area contributed by atoms with E-state index < -0.39 is 53.0 Å². The Bertz CT molecular complexity index is 1480. The van der Waals surface area contributed by atoms with Gasteiger partial charge in [0, 0.05) is 4.88 Å². The summed E-state index contributed by atoms with van der Waals surface area (Å²) >= 11 is 1.02. The molecule has 0 aliphatic carbocycles. The summed E-state index contributed by atoms with van der Waals surface area (Å²) < 4.78 is 22.8. The van der Waals surface area contributed by atoms with Crippen molar-refractivity contribution in [3.63, 3.8) is 0 Å². The number of nitrogens with one attached hydrogen (secondary N) is 2. The number of carbonyl (C=O) groups excluding carboxylic acids is 5. The number of ether oxygens (including phenoxy) is 4. The molecule has 1 aliphatic rings. The van der Waals surface area contributed by atoms with Crippen LogP contribution in [0.4, 0.5) is 9.80 Å². The molecular weight excluding hydrogens is 616 g/mol. The number of hydrogen-bond acceptors (Lipinski definition) is 12. The second kappa shape index (κ2) is 14.4. The second-order valence-corrected chi connectivity index (χ2v) is 14.7. The highest BCUT2D eigenvalue weighted by molar-refractivity contribution is 7.17. The van der Waals surface area contributed by atoms with Crippen LogP contribution in [0.3, 0.4) is 0 Å². The van der Waals surface area contributed by atoms with Crippen molar-refractivity contribution < 1.29 is 42.9 Å². The summed E-state index contributed by atoms with van der Waals surface area (Å²) in [6.45, 7) is 15.2. The topological polar surface area (TPSA) is 162 Å². The fourth-order valence-electron chi connectivity index (χ4n) is 4.43. The zero-order valence-electron chi connectivity index (χ0n) is 27.6. The molecular formula is C32H42N4O9S. The van der Waals surface area contributed by atoms with Crippen LogP contribution >= 0.6 is 11.3 Å². The van der Waals surface area contributed by atoms with E-state index in [0.717, 1.165) is 16.9 Å². The van der Waals surface area contributed by atoms with Gasteiger partial charge in [-0.2, -0.15) is 0 Å². The molecule has 0 bridgehead atoms. The number of hydrogen-bond donors (Lipinski definition) is 2. The smallest absolute Gasteiger partial charge is 0.411 e. The Morgan fingerprint density at radius 2 is 1.57 bits per heavy atom. The average molecular weight is 659 g/mol. The van der Waals surface area contributed by atoms with Gasteiger partial charge in [0.05, 0.1) is 24.8 Å². The molecule has 14 heteroatoms. The molecule has 2 heterocycles. The summed E-state index contributed by atoms with van der Waals surface area (Å²) in [6.07, 6.45) is -0.309. The van der Waals surface area contributed by atoms with E-state index in [2.05, 4.69) is 15.8 Å². The van der Waals surface area contributed by atoms with Crippen molar-refractivity contribution in [1.29, 1.82) is 0 Å². The molecule has 0 fully saturated rings. The van der Waals surface area contributed by atoms with Crippen LogP contribution in [0.1, 0.15) is 88.7 Å². The number of carbonyl (C=O) groups is 4. The van der Waals surface area contributed by atoms with E-state index in [1.165, 1.54) is 11.0 Å². The number of esters is 2. The molecule has 2 N–H and O–H groups in total. The number of amides is 2. The fraction of sp³-hybridized carbons (Fsp3) is 0.531. The quantitative estimate of drug-likeness (QED) is 0.0749. The van der Waals surface area contributed by atoms with Crippen LogP contribution in [-0.4, -0.2) is 64.0 Å². The summed E-state index contributed by atoms with van der Waals surface area (Å²) in [6, 6.07) is 8.38. The molecule has 0 spiro atoms. The van der Waals surface area contributed by atoms with Crippen molar-refractivity contribution in [3.8, 4) is 0 Å². The summed E-state index contributed by atoms with van der Waals surface area (Å²) in [4.78, 5) is 65.8. The van der Waals surface area contributed by atoms with Crippen molar-refractivity contribution in [3.05, 3.63) is 51.9 Å². The molecule has 250 valence electrons. The molecule has 0 radical (unpaired) electrons. The Hall–Kier alpha value is -4.26. The van der Waals surface area contributed by atoms with Crippen LogP contribution in [0.15, 0.2) is 35.4 Å². The van der Waals surface area contributed by atoms with Gasteiger partial charge in [0.2, 0.25) is 0 Å². The van der Waals surface area contributed by atoms with Gasteiger partial charge in [-0.15, -0.1) is 11.3 Å². The van der Waals surface area contributed by atoms with E-state index in [-0.39, 0.29) is 30.1 Å². The Morgan fingerprint density at radius 1 is 0.957 bits per heavy atom. The standard InChI is InChI=1S/C32H42N4O9S/c1-30(2,3)43-27(39)23-20-15-21(25(35-33-18-37)42-17-19-13-11-10-12-14-19)36(29(41)45-32(7,8)9)16-22(20)46-26(23)34-24(38)28(40)44-31(4,5)6/h10-14,21,25,35H,15-17H2,1-9H3,(H,34,38). The third kappa shape index (κ3) is 10.4. The lowest BCUT2D eigenvalue weighted by Crippen LogP contribution is -2.55. The van der Waals surface area contributed by atoms with E-state index in [4.69, 9.17) is 18.9 Å².